The van der Waals surface area contributed by atoms with E-state index in [1.807, 2.05) is 63.1 Å². The summed E-state index contributed by atoms with van der Waals surface area (Å²) in [5.74, 6) is -1.61. The normalized spacial score (nSPS) is 13.4. The lowest BCUT2D eigenvalue weighted by Crippen LogP contribution is -2.32. The number of aryl methyl sites for hydroxylation is 19. The smallest absolute Gasteiger partial charge is 0.201 e. The highest BCUT2D eigenvalue weighted by molar-refractivity contribution is 5.68. The first kappa shape index (κ1) is 54.5. The molecule has 86 heavy (non-hydrogen) atoms. The molecule has 0 radical (unpaired) electrons. The summed E-state index contributed by atoms with van der Waals surface area (Å²) < 4.78 is 79.7. The van der Waals surface area contributed by atoms with Gasteiger partial charge in [-0.1, -0.05) is 68.7 Å². The third kappa shape index (κ3) is 16.4. The molecule has 10 aromatic rings. The van der Waals surface area contributed by atoms with E-state index in [1.165, 1.54) is 113 Å². The molecule has 0 spiro atoms. The van der Waals surface area contributed by atoms with Gasteiger partial charge in [-0.3, -0.25) is 0 Å². The Hall–Kier alpha value is -8.15. The van der Waals surface area contributed by atoms with E-state index in [0.29, 0.717) is 5.56 Å². The molecule has 0 aliphatic heterocycles. The molecule has 0 amide bonds. The second-order valence-corrected chi connectivity index (χ2v) is 23.8. The summed E-state index contributed by atoms with van der Waals surface area (Å²) in [7, 11) is 10.3. The highest BCUT2D eigenvalue weighted by Crippen LogP contribution is 2.30. The van der Waals surface area contributed by atoms with Crippen LogP contribution in [0.1, 0.15) is 139 Å². The maximum Gasteiger partial charge on any atom is 0.215 e. The molecule has 0 saturated heterocycles. The SMILES string of the molecule is Cc1cc(C)c(-c2cccc[n+]2C)cc1C.Cc1cc(C)c(C)c(-c2cccc[n+]2C)c1.Cc1ccc(-c2cc(C)c(C)cc2C)[n+](C)c1.[2H]C([2H])([2H])C([2H])(C)c1ccc(-c2c(C)c(C)cc[n+]2C)c(C)c1.[2H]C([2H])([2H])C([2H])([2H])c1ccc(-c2c(C)c(C)cc[n+]2C)c(C)c1. The predicted molar refractivity (Wildman–Crippen MR) is 365 cm³/mol. The summed E-state index contributed by atoms with van der Waals surface area (Å²) in [5.41, 5.74) is 32.8. The van der Waals surface area contributed by atoms with Crippen molar-refractivity contribution < 1.29 is 35.2 Å². The number of hydrogen-bond acceptors (Lipinski definition) is 0. The van der Waals surface area contributed by atoms with Crippen LogP contribution >= 0.6 is 0 Å². The Labute approximate surface area is 532 Å². The van der Waals surface area contributed by atoms with Crippen LogP contribution in [0, 0.1) is 111 Å². The zero-order valence-corrected chi connectivity index (χ0v) is 55.8. The fourth-order valence-corrected chi connectivity index (χ4v) is 11.1. The fraction of sp³-hybridized carbons (Fsp3) is 0.321. The molecular formula is C81H102N5+5. The van der Waals surface area contributed by atoms with Crippen molar-refractivity contribution in [1.82, 2.24) is 0 Å². The monoisotopic (exact) mass is 1150 g/mol. The predicted octanol–water partition coefficient (Wildman–Crippen LogP) is 17.5. The fourth-order valence-electron chi connectivity index (χ4n) is 11.1. The maximum absolute atomic E-state index is 8.24. The quantitative estimate of drug-likeness (QED) is 0.142. The van der Waals surface area contributed by atoms with E-state index in [0.717, 1.165) is 39.2 Å². The van der Waals surface area contributed by atoms with Crippen LogP contribution in [0.4, 0.5) is 0 Å². The molecule has 5 aromatic carbocycles. The lowest BCUT2D eigenvalue weighted by molar-refractivity contribution is -0.660. The molecule has 0 aliphatic rings. The Morgan fingerprint density at radius 1 is 0.360 bits per heavy atom. The molecule has 5 heterocycles. The highest BCUT2D eigenvalue weighted by atomic mass is 14.9. The average Bonchev–Trinajstić information content (AvgIpc) is 0.782. The van der Waals surface area contributed by atoms with E-state index in [2.05, 4.69) is 252 Å². The first-order valence-electron chi connectivity index (χ1n) is 34.4. The average molecular weight is 1150 g/mol. The van der Waals surface area contributed by atoms with Crippen molar-refractivity contribution in [2.75, 3.05) is 0 Å². The largest absolute Gasteiger partial charge is 0.215 e. The summed E-state index contributed by atoms with van der Waals surface area (Å²) >= 11 is 0. The molecule has 1 unspecified atom stereocenters. The minimum Gasteiger partial charge on any atom is -0.201 e. The third-order valence-electron chi connectivity index (χ3n) is 16.9. The van der Waals surface area contributed by atoms with E-state index in [-0.39, 0.29) is 5.56 Å². The van der Waals surface area contributed by atoms with Crippen molar-refractivity contribution in [2.45, 2.75) is 144 Å². The topological polar surface area (TPSA) is 19.4 Å². The lowest BCUT2D eigenvalue weighted by Gasteiger charge is -2.12. The molecule has 5 aromatic heterocycles. The number of pyridine rings is 5. The van der Waals surface area contributed by atoms with Crippen LogP contribution < -0.4 is 22.8 Å². The summed E-state index contributed by atoms with van der Waals surface area (Å²) in [6.45, 7) is 30.2. The van der Waals surface area contributed by atoms with Gasteiger partial charge in [-0.2, -0.15) is 0 Å². The highest BCUT2D eigenvalue weighted by Gasteiger charge is 2.20. The van der Waals surface area contributed by atoms with E-state index in [1.54, 1.807) is 18.2 Å². The van der Waals surface area contributed by atoms with Gasteiger partial charge in [-0.15, -0.1) is 0 Å². The van der Waals surface area contributed by atoms with Crippen LogP contribution in [-0.2, 0) is 41.6 Å². The van der Waals surface area contributed by atoms with Gasteiger partial charge in [0.15, 0.2) is 31.0 Å². The minimum atomic E-state index is -2.69. The van der Waals surface area contributed by atoms with E-state index in [4.69, 9.17) is 12.3 Å². The standard InChI is InChI=1S/C18H24N.C17H22N.C16H20N.2C15H18N/c1-12(2)16-7-8-17(14(4)11-16)18-15(5)13(3)9-10-19(18)6;1-6-15-7-8-16(13(3)11-15)17-14(4)12(2)9-10-18(17)5;1-11-6-7-16(17(5)10-11)15-9-13(3)12(2)8-14(15)4;1-11-9-13(3)14(10-12(11)2)15-7-5-6-8-16(15)4;1-11-9-12(2)13(3)14(10-11)15-7-5-6-8-16(15)4/h7-12H,1-6H3;7-11H,6H2,1-5H3;6-10H,1-5H3;2*5-10H,1-4H3/q5*+1/i1D3,12D;1D3,6D2;;;. The Balaban J connectivity index is 0.000000190. The Morgan fingerprint density at radius 3 is 1.29 bits per heavy atom. The van der Waals surface area contributed by atoms with E-state index in [9.17, 15) is 0 Å². The number of nitrogens with zero attached hydrogens (tertiary/aromatic N) is 5. The van der Waals surface area contributed by atoms with Crippen LogP contribution in [0.15, 0.2) is 164 Å². The van der Waals surface area contributed by atoms with Crippen molar-refractivity contribution in [2.24, 2.45) is 35.2 Å². The molecule has 5 heteroatoms. The molecule has 0 aliphatic carbocycles. The van der Waals surface area contributed by atoms with E-state index < -0.39 is 26.0 Å². The molecule has 0 N–H and O–H groups in total. The van der Waals surface area contributed by atoms with Crippen molar-refractivity contribution in [3.63, 3.8) is 0 Å². The Bertz CT molecular complexity index is 4290. The van der Waals surface area contributed by atoms with Gasteiger partial charge in [-0.05, 0) is 249 Å². The number of hydrogen-bond donors (Lipinski definition) is 0. The van der Waals surface area contributed by atoms with Gasteiger partial charge in [0.1, 0.15) is 35.2 Å². The summed E-state index contributed by atoms with van der Waals surface area (Å²) in [6.07, 6.45) is 8.01. The number of rotatable bonds is 7. The van der Waals surface area contributed by atoms with Gasteiger partial charge < -0.3 is 0 Å². The number of benzene rings is 5. The Kier molecular flexibility index (Phi) is 18.9. The van der Waals surface area contributed by atoms with Crippen LogP contribution in [0.25, 0.3) is 56.3 Å². The first-order chi connectivity index (χ1) is 44.1. The van der Waals surface area contributed by atoms with Crippen molar-refractivity contribution in [3.05, 3.63) is 265 Å². The van der Waals surface area contributed by atoms with Crippen LogP contribution in [0.2, 0.25) is 0 Å². The van der Waals surface area contributed by atoms with Gasteiger partial charge in [0.25, 0.3) is 0 Å². The van der Waals surface area contributed by atoms with Crippen LogP contribution in [-0.4, -0.2) is 0 Å². The zero-order chi connectivity index (χ0) is 71.1. The second-order valence-electron chi connectivity index (χ2n) is 23.8. The van der Waals surface area contributed by atoms with E-state index >= 15 is 0 Å². The first-order valence-corrected chi connectivity index (χ1v) is 29.9. The van der Waals surface area contributed by atoms with Gasteiger partial charge in [0.2, 0.25) is 28.5 Å². The van der Waals surface area contributed by atoms with Crippen molar-refractivity contribution in [1.29, 1.82) is 0 Å². The lowest BCUT2D eigenvalue weighted by atomic mass is 9.94. The second kappa shape index (κ2) is 29.8. The zero-order valence-electron chi connectivity index (χ0n) is 64.8. The summed E-state index contributed by atoms with van der Waals surface area (Å²) in [5, 5.41) is 0. The summed E-state index contributed by atoms with van der Waals surface area (Å²) in [4.78, 5) is 0. The van der Waals surface area contributed by atoms with Gasteiger partial charge in [0.05, 0.1) is 0 Å². The molecule has 10 rings (SSSR count). The van der Waals surface area contributed by atoms with Crippen molar-refractivity contribution in [3.8, 4) is 56.3 Å². The maximum atomic E-state index is 8.24. The van der Waals surface area contributed by atoms with Gasteiger partial charge >= 0.3 is 0 Å². The third-order valence-corrected chi connectivity index (χ3v) is 16.9. The van der Waals surface area contributed by atoms with Gasteiger partial charge in [0, 0.05) is 99.3 Å². The molecule has 0 bridgehead atoms. The minimum absolute atomic E-state index is 0.187. The molecule has 0 saturated carbocycles. The van der Waals surface area contributed by atoms with Crippen molar-refractivity contribution >= 4 is 0 Å². The summed E-state index contributed by atoms with van der Waals surface area (Å²) in [6, 6.07) is 45.3. The Morgan fingerprint density at radius 2 is 0.826 bits per heavy atom. The molecule has 446 valence electrons. The van der Waals surface area contributed by atoms with Crippen LogP contribution in [0.5, 0.6) is 0 Å². The molecule has 1 atom stereocenters. The molecule has 5 nitrogen and oxygen atoms in total. The molecule has 0 fully saturated rings. The number of aromatic nitrogens is 5. The molecular weight excluding hydrogens is 1040 g/mol. The van der Waals surface area contributed by atoms with Gasteiger partial charge in [-0.25, -0.2) is 22.8 Å². The van der Waals surface area contributed by atoms with Crippen LogP contribution in [0.3, 0.4) is 0 Å².